The van der Waals surface area contributed by atoms with E-state index in [1.165, 1.54) is 38.6 Å². The van der Waals surface area contributed by atoms with E-state index in [0.29, 0.717) is 0 Å². The molecule has 3 rings (SSSR count). The lowest BCUT2D eigenvalue weighted by atomic mass is 9.68. The molecule has 0 saturated heterocycles. The van der Waals surface area contributed by atoms with Gasteiger partial charge >= 0.3 is 0 Å². The lowest BCUT2D eigenvalue weighted by Gasteiger charge is -2.43. The number of rotatable bonds is 3. The predicted octanol–water partition coefficient (Wildman–Crippen LogP) is 2.81. The Morgan fingerprint density at radius 1 is 1.15 bits per heavy atom. The van der Waals surface area contributed by atoms with Crippen molar-refractivity contribution in [3.05, 3.63) is 0 Å². The van der Waals surface area contributed by atoms with E-state index in [2.05, 4.69) is 19.2 Å². The average Bonchev–Trinajstić information content (AvgIpc) is 2.17. The number of fused-ring (bicyclic) bond motifs is 3. The number of nitrogens with one attached hydrogen (secondary N) is 1. The molecule has 76 valence electrons. The molecular formula is C12H23N. The summed E-state index contributed by atoms with van der Waals surface area (Å²) in [6, 6.07) is 0.870. The van der Waals surface area contributed by atoms with Gasteiger partial charge in [0.25, 0.3) is 0 Å². The van der Waals surface area contributed by atoms with Crippen LogP contribution < -0.4 is 5.32 Å². The van der Waals surface area contributed by atoms with E-state index < -0.39 is 0 Å². The Hall–Kier alpha value is -0.0400. The summed E-state index contributed by atoms with van der Waals surface area (Å²) in [7, 11) is 0. The normalized spacial score (nSPS) is 38.5. The van der Waals surface area contributed by atoms with E-state index in [0.717, 1.165) is 23.8 Å². The molecule has 1 atom stereocenters. The highest BCUT2D eigenvalue weighted by atomic mass is 14.9. The lowest BCUT2D eigenvalue weighted by Crippen LogP contribution is -2.45. The van der Waals surface area contributed by atoms with Crippen molar-refractivity contribution in [1.29, 1.82) is 0 Å². The second-order valence-electron chi connectivity index (χ2n) is 5.43. The summed E-state index contributed by atoms with van der Waals surface area (Å²) >= 11 is 0. The second-order valence-corrected chi connectivity index (χ2v) is 5.43. The molecule has 1 heteroatoms. The van der Waals surface area contributed by atoms with E-state index in [9.17, 15) is 0 Å². The van der Waals surface area contributed by atoms with E-state index in [4.69, 9.17) is 0 Å². The molecule has 0 aliphatic heterocycles. The first kappa shape index (κ1) is 9.51. The van der Waals surface area contributed by atoms with Gasteiger partial charge in [-0.25, -0.2) is 0 Å². The van der Waals surface area contributed by atoms with Crippen molar-refractivity contribution in [3.63, 3.8) is 0 Å². The number of hydrogen-bond donors (Lipinski definition) is 1. The standard InChI is InChI=1S/C12H23N/c1-9(2)8-13-12-7-10-3-5-11(12)6-4-10/h9-13H,3-8H2,1-2H3. The molecule has 0 amide bonds. The Morgan fingerprint density at radius 2 is 1.85 bits per heavy atom. The summed E-state index contributed by atoms with van der Waals surface area (Å²) in [5.74, 6) is 2.89. The smallest absolute Gasteiger partial charge is 0.00980 e. The van der Waals surface area contributed by atoms with Crippen LogP contribution in [0.15, 0.2) is 0 Å². The summed E-state index contributed by atoms with van der Waals surface area (Å²) in [5, 5.41) is 3.75. The molecule has 13 heavy (non-hydrogen) atoms. The minimum Gasteiger partial charge on any atom is -0.313 e. The third-order valence-corrected chi connectivity index (χ3v) is 3.84. The highest BCUT2D eigenvalue weighted by Crippen LogP contribution is 2.41. The zero-order valence-corrected chi connectivity index (χ0v) is 9.05. The van der Waals surface area contributed by atoms with E-state index in [1.54, 1.807) is 0 Å². The first-order chi connectivity index (χ1) is 6.25. The maximum absolute atomic E-state index is 3.75. The Labute approximate surface area is 82.3 Å². The van der Waals surface area contributed by atoms with Crippen molar-refractivity contribution >= 4 is 0 Å². The van der Waals surface area contributed by atoms with Crippen LogP contribution in [0.4, 0.5) is 0 Å². The molecule has 0 aromatic rings. The molecule has 3 aliphatic carbocycles. The minimum atomic E-state index is 0.806. The van der Waals surface area contributed by atoms with Gasteiger partial charge in [-0.3, -0.25) is 0 Å². The third kappa shape index (κ3) is 2.25. The Balaban J connectivity index is 1.80. The highest BCUT2D eigenvalue weighted by molar-refractivity contribution is 4.90. The van der Waals surface area contributed by atoms with Crippen molar-refractivity contribution in [2.45, 2.75) is 52.0 Å². The molecule has 1 nitrogen and oxygen atoms in total. The molecule has 0 radical (unpaired) electrons. The third-order valence-electron chi connectivity index (χ3n) is 3.84. The minimum absolute atomic E-state index is 0.806. The van der Waals surface area contributed by atoms with Crippen LogP contribution in [-0.4, -0.2) is 12.6 Å². The maximum atomic E-state index is 3.75. The van der Waals surface area contributed by atoms with Crippen LogP contribution >= 0.6 is 0 Å². The van der Waals surface area contributed by atoms with Crippen LogP contribution in [0.5, 0.6) is 0 Å². The van der Waals surface area contributed by atoms with Crippen molar-refractivity contribution < 1.29 is 0 Å². The van der Waals surface area contributed by atoms with Gasteiger partial charge in [-0.2, -0.15) is 0 Å². The van der Waals surface area contributed by atoms with Gasteiger partial charge in [-0.1, -0.05) is 26.7 Å². The van der Waals surface area contributed by atoms with Gasteiger partial charge in [0.05, 0.1) is 0 Å². The molecule has 1 N–H and O–H groups in total. The van der Waals surface area contributed by atoms with Gasteiger partial charge in [-0.05, 0) is 43.6 Å². The Bertz CT molecular complexity index is 157. The van der Waals surface area contributed by atoms with Crippen LogP contribution in [0.1, 0.15) is 46.0 Å². The Kier molecular flexibility index (Phi) is 2.92. The van der Waals surface area contributed by atoms with E-state index in [1.807, 2.05) is 0 Å². The fourth-order valence-corrected chi connectivity index (χ4v) is 3.01. The van der Waals surface area contributed by atoms with Crippen LogP contribution in [0.3, 0.4) is 0 Å². The number of hydrogen-bond acceptors (Lipinski definition) is 1. The molecule has 0 spiro atoms. The SMILES string of the molecule is CC(C)CNC1CC2CCC1CC2. The maximum Gasteiger partial charge on any atom is 0.00980 e. The summed E-state index contributed by atoms with van der Waals surface area (Å²) in [4.78, 5) is 0. The molecule has 3 aliphatic rings. The second kappa shape index (κ2) is 4.00. The molecule has 3 fully saturated rings. The molecule has 2 bridgehead atoms. The fraction of sp³-hybridized carbons (Fsp3) is 1.00. The quantitative estimate of drug-likeness (QED) is 0.706. The van der Waals surface area contributed by atoms with Gasteiger partial charge in [0.2, 0.25) is 0 Å². The van der Waals surface area contributed by atoms with E-state index >= 15 is 0 Å². The van der Waals surface area contributed by atoms with Crippen molar-refractivity contribution in [2.24, 2.45) is 17.8 Å². The highest BCUT2D eigenvalue weighted by Gasteiger charge is 2.34. The first-order valence-electron chi connectivity index (χ1n) is 5.99. The largest absolute Gasteiger partial charge is 0.313 e. The first-order valence-corrected chi connectivity index (χ1v) is 5.99. The van der Waals surface area contributed by atoms with Gasteiger partial charge in [0.15, 0.2) is 0 Å². The fourth-order valence-electron chi connectivity index (χ4n) is 3.01. The topological polar surface area (TPSA) is 12.0 Å². The van der Waals surface area contributed by atoms with Crippen LogP contribution in [0, 0.1) is 17.8 Å². The summed E-state index contributed by atoms with van der Waals surface area (Å²) in [5.41, 5.74) is 0. The van der Waals surface area contributed by atoms with Gasteiger partial charge in [-0.15, -0.1) is 0 Å². The molecule has 0 aromatic carbocycles. The zero-order chi connectivity index (χ0) is 9.26. The van der Waals surface area contributed by atoms with Gasteiger partial charge < -0.3 is 5.32 Å². The monoisotopic (exact) mass is 181 g/mol. The van der Waals surface area contributed by atoms with Crippen LogP contribution in [0.2, 0.25) is 0 Å². The van der Waals surface area contributed by atoms with Crippen LogP contribution in [-0.2, 0) is 0 Å². The summed E-state index contributed by atoms with van der Waals surface area (Å²) < 4.78 is 0. The molecule has 0 heterocycles. The Morgan fingerprint density at radius 3 is 2.31 bits per heavy atom. The van der Waals surface area contributed by atoms with Crippen molar-refractivity contribution in [3.8, 4) is 0 Å². The predicted molar refractivity (Wildman–Crippen MR) is 56.7 cm³/mol. The van der Waals surface area contributed by atoms with Gasteiger partial charge in [0, 0.05) is 6.04 Å². The van der Waals surface area contributed by atoms with Crippen molar-refractivity contribution in [1.82, 2.24) is 5.32 Å². The molecular weight excluding hydrogens is 158 g/mol. The average molecular weight is 181 g/mol. The van der Waals surface area contributed by atoms with Gasteiger partial charge in [0.1, 0.15) is 0 Å². The summed E-state index contributed by atoms with van der Waals surface area (Å²) in [6.45, 7) is 5.82. The lowest BCUT2D eigenvalue weighted by molar-refractivity contribution is 0.122. The zero-order valence-electron chi connectivity index (χ0n) is 9.05. The molecule has 3 saturated carbocycles. The van der Waals surface area contributed by atoms with E-state index in [-0.39, 0.29) is 0 Å². The molecule has 0 aromatic heterocycles. The van der Waals surface area contributed by atoms with Crippen LogP contribution in [0.25, 0.3) is 0 Å². The molecule has 1 unspecified atom stereocenters. The summed E-state index contributed by atoms with van der Waals surface area (Å²) in [6.07, 6.45) is 7.51. The van der Waals surface area contributed by atoms with Crippen molar-refractivity contribution in [2.75, 3.05) is 6.54 Å².